The molecule has 21 heavy (non-hydrogen) atoms. The van der Waals surface area contributed by atoms with Gasteiger partial charge in [0, 0.05) is 22.1 Å². The Morgan fingerprint density at radius 3 is 2.57 bits per heavy atom. The van der Waals surface area contributed by atoms with Gasteiger partial charge in [-0.2, -0.15) is 0 Å². The Morgan fingerprint density at radius 2 is 1.86 bits per heavy atom. The molecule has 3 aromatic rings. The minimum absolute atomic E-state index is 0.327. The van der Waals surface area contributed by atoms with E-state index in [1.807, 2.05) is 36.4 Å². The maximum atomic E-state index is 11.6. The lowest BCUT2D eigenvalue weighted by Crippen LogP contribution is -1.99. The van der Waals surface area contributed by atoms with Gasteiger partial charge in [0.05, 0.1) is 12.7 Å². The number of ether oxygens (including phenoxy) is 1. The van der Waals surface area contributed by atoms with E-state index in [0.29, 0.717) is 5.56 Å². The van der Waals surface area contributed by atoms with Gasteiger partial charge in [-0.15, -0.1) is 0 Å². The first-order chi connectivity index (χ1) is 10.2. The minimum atomic E-state index is -0.327. The average molecular weight is 300 g/mol. The van der Waals surface area contributed by atoms with Crippen LogP contribution in [-0.4, -0.2) is 18.1 Å². The summed E-state index contributed by atoms with van der Waals surface area (Å²) in [4.78, 5) is 14.8. The van der Waals surface area contributed by atoms with Crippen LogP contribution in [0.1, 0.15) is 21.5 Å². The van der Waals surface area contributed by atoms with Gasteiger partial charge in [0.2, 0.25) is 0 Å². The zero-order chi connectivity index (χ0) is 14.8. The highest BCUT2D eigenvalue weighted by atomic mass is 35.5. The third-order valence-electron chi connectivity index (χ3n) is 3.47. The third kappa shape index (κ3) is 2.78. The molecule has 0 saturated carbocycles. The van der Waals surface area contributed by atoms with Crippen LogP contribution in [0.15, 0.2) is 48.7 Å². The van der Waals surface area contributed by atoms with Crippen LogP contribution in [-0.2, 0) is 11.2 Å². The van der Waals surface area contributed by atoms with Crippen LogP contribution in [0.2, 0.25) is 5.02 Å². The molecular weight excluding hydrogens is 286 g/mol. The van der Waals surface area contributed by atoms with Gasteiger partial charge in [0.15, 0.2) is 0 Å². The molecule has 0 fully saturated rings. The SMILES string of the molecule is COC(=O)c1c[nH]c2cc(Cc3ccc(Cl)cc3)ccc12. The number of fused-ring (bicyclic) bond motifs is 1. The first kappa shape index (κ1) is 13.7. The molecule has 0 spiro atoms. The van der Waals surface area contributed by atoms with Gasteiger partial charge in [0.1, 0.15) is 0 Å². The number of carbonyl (C=O) groups excluding carboxylic acids is 1. The second kappa shape index (κ2) is 5.62. The fourth-order valence-electron chi connectivity index (χ4n) is 2.40. The van der Waals surface area contributed by atoms with Crippen molar-refractivity contribution in [3.63, 3.8) is 0 Å². The number of esters is 1. The molecule has 2 aromatic carbocycles. The number of aromatic nitrogens is 1. The van der Waals surface area contributed by atoms with E-state index in [-0.39, 0.29) is 5.97 Å². The molecule has 1 N–H and O–H groups in total. The standard InChI is InChI=1S/C17H14ClNO2/c1-21-17(20)15-10-19-16-9-12(4-7-14(15)16)8-11-2-5-13(18)6-3-11/h2-7,9-10,19H,8H2,1H3. The molecule has 0 atom stereocenters. The molecule has 106 valence electrons. The minimum Gasteiger partial charge on any atom is -0.465 e. The molecule has 0 aliphatic carbocycles. The van der Waals surface area contributed by atoms with E-state index in [9.17, 15) is 4.79 Å². The van der Waals surface area contributed by atoms with Gasteiger partial charge in [-0.25, -0.2) is 4.79 Å². The van der Waals surface area contributed by atoms with Crippen molar-refractivity contribution in [2.75, 3.05) is 7.11 Å². The normalized spacial score (nSPS) is 10.8. The van der Waals surface area contributed by atoms with Crippen molar-refractivity contribution in [3.8, 4) is 0 Å². The number of hydrogen-bond donors (Lipinski definition) is 1. The highest BCUT2D eigenvalue weighted by Gasteiger charge is 2.12. The Bertz CT molecular complexity index is 790. The van der Waals surface area contributed by atoms with Gasteiger partial charge >= 0.3 is 5.97 Å². The molecule has 0 aliphatic rings. The molecule has 0 unspecified atom stereocenters. The van der Waals surface area contributed by atoms with Gasteiger partial charge in [0.25, 0.3) is 0 Å². The fourth-order valence-corrected chi connectivity index (χ4v) is 2.53. The van der Waals surface area contributed by atoms with Crippen LogP contribution in [0, 0.1) is 0 Å². The first-order valence-electron chi connectivity index (χ1n) is 6.60. The number of nitrogens with one attached hydrogen (secondary N) is 1. The van der Waals surface area contributed by atoms with Crippen molar-refractivity contribution in [3.05, 3.63) is 70.4 Å². The molecule has 3 rings (SSSR count). The Hall–Kier alpha value is -2.26. The van der Waals surface area contributed by atoms with E-state index in [1.54, 1.807) is 6.20 Å². The van der Waals surface area contributed by atoms with Crippen molar-refractivity contribution in [1.82, 2.24) is 4.98 Å². The summed E-state index contributed by atoms with van der Waals surface area (Å²) >= 11 is 5.89. The van der Waals surface area contributed by atoms with E-state index in [1.165, 1.54) is 18.2 Å². The molecule has 1 heterocycles. The van der Waals surface area contributed by atoms with Crippen LogP contribution in [0.3, 0.4) is 0 Å². The van der Waals surface area contributed by atoms with Gasteiger partial charge in [-0.3, -0.25) is 0 Å². The van der Waals surface area contributed by atoms with Crippen molar-refractivity contribution in [2.45, 2.75) is 6.42 Å². The Labute approximate surface area is 127 Å². The summed E-state index contributed by atoms with van der Waals surface area (Å²) in [6.45, 7) is 0. The number of halogens is 1. The summed E-state index contributed by atoms with van der Waals surface area (Å²) in [6.07, 6.45) is 2.50. The first-order valence-corrected chi connectivity index (χ1v) is 6.98. The number of rotatable bonds is 3. The summed E-state index contributed by atoms with van der Waals surface area (Å²) in [5.74, 6) is -0.327. The maximum Gasteiger partial charge on any atom is 0.340 e. The third-order valence-corrected chi connectivity index (χ3v) is 3.72. The predicted octanol–water partition coefficient (Wildman–Crippen LogP) is 4.20. The smallest absolute Gasteiger partial charge is 0.340 e. The van der Waals surface area contributed by atoms with Crippen LogP contribution in [0.4, 0.5) is 0 Å². The summed E-state index contributed by atoms with van der Waals surface area (Å²) in [7, 11) is 1.38. The Morgan fingerprint density at radius 1 is 1.14 bits per heavy atom. The Kier molecular flexibility index (Phi) is 3.67. The topological polar surface area (TPSA) is 42.1 Å². The number of carbonyl (C=O) groups is 1. The fraction of sp³-hybridized carbons (Fsp3) is 0.118. The average Bonchev–Trinajstić information content (AvgIpc) is 2.92. The number of aromatic amines is 1. The van der Waals surface area contributed by atoms with E-state index in [0.717, 1.165) is 22.3 Å². The molecule has 0 aliphatic heterocycles. The summed E-state index contributed by atoms with van der Waals surface area (Å²) in [5.41, 5.74) is 3.86. The highest BCUT2D eigenvalue weighted by Crippen LogP contribution is 2.22. The monoisotopic (exact) mass is 299 g/mol. The molecular formula is C17H14ClNO2. The largest absolute Gasteiger partial charge is 0.465 e. The number of H-pyrrole nitrogens is 1. The summed E-state index contributed by atoms with van der Waals surface area (Å²) < 4.78 is 4.77. The van der Waals surface area contributed by atoms with Gasteiger partial charge in [-0.1, -0.05) is 35.9 Å². The van der Waals surface area contributed by atoms with Crippen LogP contribution >= 0.6 is 11.6 Å². The zero-order valence-electron chi connectivity index (χ0n) is 11.5. The van der Waals surface area contributed by atoms with Gasteiger partial charge in [-0.05, 0) is 35.7 Å². The summed E-state index contributed by atoms with van der Waals surface area (Å²) in [6, 6.07) is 13.8. The van der Waals surface area contributed by atoms with E-state index < -0.39 is 0 Å². The van der Waals surface area contributed by atoms with E-state index in [2.05, 4.69) is 11.1 Å². The number of hydrogen-bond acceptors (Lipinski definition) is 2. The highest BCUT2D eigenvalue weighted by molar-refractivity contribution is 6.30. The lowest BCUT2D eigenvalue weighted by Gasteiger charge is -2.03. The zero-order valence-corrected chi connectivity index (χ0v) is 12.3. The quantitative estimate of drug-likeness (QED) is 0.737. The molecule has 0 radical (unpaired) electrons. The lowest BCUT2D eigenvalue weighted by atomic mass is 10.0. The molecule has 0 bridgehead atoms. The van der Waals surface area contributed by atoms with Crippen LogP contribution < -0.4 is 0 Å². The summed E-state index contributed by atoms with van der Waals surface area (Å²) in [5, 5.41) is 1.61. The molecule has 3 nitrogen and oxygen atoms in total. The second-order valence-corrected chi connectivity index (χ2v) is 5.31. The van der Waals surface area contributed by atoms with Crippen molar-refractivity contribution in [2.24, 2.45) is 0 Å². The number of benzene rings is 2. The lowest BCUT2D eigenvalue weighted by molar-refractivity contribution is 0.0603. The van der Waals surface area contributed by atoms with Crippen molar-refractivity contribution in [1.29, 1.82) is 0 Å². The van der Waals surface area contributed by atoms with Gasteiger partial charge < -0.3 is 9.72 Å². The van der Waals surface area contributed by atoms with Crippen LogP contribution in [0.25, 0.3) is 10.9 Å². The van der Waals surface area contributed by atoms with Crippen molar-refractivity contribution >= 4 is 28.5 Å². The molecule has 4 heteroatoms. The second-order valence-electron chi connectivity index (χ2n) is 4.88. The predicted molar refractivity (Wildman–Crippen MR) is 83.9 cm³/mol. The van der Waals surface area contributed by atoms with Crippen LogP contribution in [0.5, 0.6) is 0 Å². The molecule has 0 amide bonds. The Balaban J connectivity index is 1.91. The molecule has 1 aromatic heterocycles. The van der Waals surface area contributed by atoms with Crippen molar-refractivity contribution < 1.29 is 9.53 Å². The van der Waals surface area contributed by atoms with E-state index in [4.69, 9.17) is 16.3 Å². The number of methoxy groups -OCH3 is 1. The maximum absolute atomic E-state index is 11.6. The molecule has 0 saturated heterocycles. The van der Waals surface area contributed by atoms with E-state index >= 15 is 0 Å².